The number of nitrogens with zero attached hydrogens (tertiary/aromatic N) is 2. The molecule has 0 amide bonds. The lowest BCUT2D eigenvalue weighted by Crippen LogP contribution is -2.29. The van der Waals surface area contributed by atoms with Crippen LogP contribution in [0.1, 0.15) is 58.2 Å². The zero-order valence-electron chi connectivity index (χ0n) is 15.4. The number of rotatable bonds is 6. The fourth-order valence-electron chi connectivity index (χ4n) is 3.37. The highest BCUT2D eigenvalue weighted by Gasteiger charge is 2.18. The number of anilines is 1. The van der Waals surface area contributed by atoms with Gasteiger partial charge in [-0.25, -0.2) is 4.98 Å². The third-order valence-corrected chi connectivity index (χ3v) is 7.20. The summed E-state index contributed by atoms with van der Waals surface area (Å²) in [4.78, 5) is 33.2. The number of hydrogen-bond donors (Lipinski definition) is 0. The number of piperidine rings is 1. The second-order valence-corrected chi connectivity index (χ2v) is 8.94. The van der Waals surface area contributed by atoms with Gasteiger partial charge >= 0.3 is 0 Å². The van der Waals surface area contributed by atoms with E-state index in [4.69, 9.17) is 4.98 Å². The van der Waals surface area contributed by atoms with Crippen molar-refractivity contribution >= 4 is 48.9 Å². The Hall–Kier alpha value is -2.05. The van der Waals surface area contributed by atoms with E-state index < -0.39 is 0 Å². The summed E-state index contributed by atoms with van der Waals surface area (Å²) in [7, 11) is 0. The van der Waals surface area contributed by atoms with E-state index in [2.05, 4.69) is 4.90 Å². The molecule has 3 heterocycles. The number of aromatic nitrogens is 1. The lowest BCUT2D eigenvalue weighted by atomic mass is 10.0. The van der Waals surface area contributed by atoms with E-state index in [0.29, 0.717) is 18.4 Å². The Kier molecular flexibility index (Phi) is 5.36. The Morgan fingerprint density at radius 1 is 1.04 bits per heavy atom. The Bertz CT molecular complexity index is 934. The first-order valence-electron chi connectivity index (χ1n) is 9.44. The highest BCUT2D eigenvalue weighted by Crippen LogP contribution is 2.36. The molecule has 0 unspecified atom stereocenters. The maximum Gasteiger partial charge on any atom is 0.187 e. The number of ketones is 2. The average Bonchev–Trinajstić information content (AvgIpc) is 3.28. The fourth-order valence-corrected chi connectivity index (χ4v) is 5.57. The Balaban J connectivity index is 1.46. The van der Waals surface area contributed by atoms with Crippen LogP contribution in [0.2, 0.25) is 0 Å². The van der Waals surface area contributed by atoms with E-state index >= 15 is 0 Å². The molecule has 0 aliphatic carbocycles. The summed E-state index contributed by atoms with van der Waals surface area (Å²) < 4.78 is 1.10. The molecule has 4 rings (SSSR count). The largest absolute Gasteiger partial charge is 0.348 e. The first-order chi connectivity index (χ1) is 13.1. The number of hydrogen-bond acceptors (Lipinski definition) is 6. The Morgan fingerprint density at radius 3 is 2.44 bits per heavy atom. The standard InChI is InChI=1S/C21H22N2O2S2/c1-2-16(24)15-8-6-14(7-9-15)12-17(25)18-13-19-20(26-18)22-21(27-19)23-10-4-3-5-11-23/h6-9,13H,2-5,10-12H2,1H3. The summed E-state index contributed by atoms with van der Waals surface area (Å²) in [6.45, 7) is 4.03. The van der Waals surface area contributed by atoms with Crippen molar-refractivity contribution in [1.29, 1.82) is 0 Å². The zero-order chi connectivity index (χ0) is 18.8. The number of thiazole rings is 1. The predicted molar refractivity (Wildman–Crippen MR) is 113 cm³/mol. The molecule has 1 fully saturated rings. The normalized spacial score (nSPS) is 14.6. The van der Waals surface area contributed by atoms with Crippen LogP contribution in [0.15, 0.2) is 30.3 Å². The maximum atomic E-state index is 12.7. The first-order valence-corrected chi connectivity index (χ1v) is 11.1. The summed E-state index contributed by atoms with van der Waals surface area (Å²) in [5.41, 5.74) is 1.64. The molecule has 1 aliphatic heterocycles. The van der Waals surface area contributed by atoms with Crippen molar-refractivity contribution in [3.63, 3.8) is 0 Å². The minimum atomic E-state index is 0.110. The van der Waals surface area contributed by atoms with Crippen LogP contribution < -0.4 is 4.90 Å². The molecule has 1 aromatic carbocycles. The molecule has 6 heteroatoms. The summed E-state index contributed by atoms with van der Waals surface area (Å²) in [6.07, 6.45) is 4.63. The van der Waals surface area contributed by atoms with E-state index in [0.717, 1.165) is 38.2 Å². The monoisotopic (exact) mass is 398 g/mol. The van der Waals surface area contributed by atoms with Crippen molar-refractivity contribution in [1.82, 2.24) is 4.98 Å². The van der Waals surface area contributed by atoms with Crippen LogP contribution in [-0.4, -0.2) is 29.6 Å². The van der Waals surface area contributed by atoms with Gasteiger partial charge in [-0.05, 0) is 30.9 Å². The highest BCUT2D eigenvalue weighted by atomic mass is 32.1. The van der Waals surface area contributed by atoms with Crippen LogP contribution in [0, 0.1) is 0 Å². The Morgan fingerprint density at radius 2 is 1.78 bits per heavy atom. The van der Waals surface area contributed by atoms with E-state index in [1.54, 1.807) is 11.3 Å². The molecule has 4 nitrogen and oxygen atoms in total. The van der Waals surface area contributed by atoms with Gasteiger partial charge in [0, 0.05) is 31.5 Å². The lowest BCUT2D eigenvalue weighted by Gasteiger charge is -2.25. The van der Waals surface area contributed by atoms with Gasteiger partial charge in [0.05, 0.1) is 9.58 Å². The molecule has 0 spiro atoms. The van der Waals surface area contributed by atoms with Gasteiger partial charge in [0.25, 0.3) is 0 Å². The number of carbonyl (C=O) groups is 2. The van der Waals surface area contributed by atoms with Gasteiger partial charge < -0.3 is 4.90 Å². The summed E-state index contributed by atoms with van der Waals surface area (Å²) in [5.74, 6) is 0.237. The van der Waals surface area contributed by atoms with Crippen molar-refractivity contribution in [3.8, 4) is 0 Å². The van der Waals surface area contributed by atoms with Gasteiger partial charge in [-0.15, -0.1) is 11.3 Å². The summed E-state index contributed by atoms with van der Waals surface area (Å²) in [5, 5.41) is 1.09. The molecule has 1 saturated heterocycles. The number of Topliss-reactive ketones (excluding diaryl/α,β-unsaturated/α-hetero) is 2. The van der Waals surface area contributed by atoms with Gasteiger partial charge in [0.2, 0.25) is 0 Å². The second-order valence-electron chi connectivity index (χ2n) is 6.90. The minimum absolute atomic E-state index is 0.110. The minimum Gasteiger partial charge on any atom is -0.348 e. The van der Waals surface area contributed by atoms with Gasteiger partial charge in [-0.2, -0.15) is 0 Å². The van der Waals surface area contributed by atoms with Crippen molar-refractivity contribution in [2.45, 2.75) is 39.0 Å². The molecule has 0 atom stereocenters. The third kappa shape index (κ3) is 3.96. The summed E-state index contributed by atoms with van der Waals surface area (Å²) >= 11 is 3.18. The topological polar surface area (TPSA) is 50.3 Å². The van der Waals surface area contributed by atoms with Gasteiger partial charge in [-0.3, -0.25) is 9.59 Å². The van der Waals surface area contributed by atoms with Crippen LogP contribution in [0.5, 0.6) is 0 Å². The van der Waals surface area contributed by atoms with Crippen LogP contribution in [0.25, 0.3) is 9.53 Å². The van der Waals surface area contributed by atoms with E-state index in [1.165, 1.54) is 30.6 Å². The number of carbonyl (C=O) groups excluding carboxylic acids is 2. The quantitative estimate of drug-likeness (QED) is 0.524. The molecule has 2 aromatic heterocycles. The van der Waals surface area contributed by atoms with E-state index in [1.807, 2.05) is 37.3 Å². The predicted octanol–water partition coefficient (Wildman–Crippen LogP) is 5.37. The molecule has 0 saturated carbocycles. The third-order valence-electron chi connectivity index (χ3n) is 4.94. The molecule has 0 N–H and O–H groups in total. The van der Waals surface area contributed by atoms with Crippen molar-refractivity contribution < 1.29 is 9.59 Å². The molecule has 3 aromatic rings. The number of thiophene rings is 1. The molecular weight excluding hydrogens is 376 g/mol. The van der Waals surface area contributed by atoms with Crippen LogP contribution >= 0.6 is 22.7 Å². The zero-order valence-corrected chi connectivity index (χ0v) is 17.0. The van der Waals surface area contributed by atoms with Gasteiger partial charge in [0.15, 0.2) is 16.7 Å². The molecule has 27 heavy (non-hydrogen) atoms. The number of benzene rings is 1. The van der Waals surface area contributed by atoms with Crippen LogP contribution in [-0.2, 0) is 6.42 Å². The van der Waals surface area contributed by atoms with Gasteiger partial charge in [0.1, 0.15) is 4.83 Å². The molecule has 1 aliphatic rings. The maximum absolute atomic E-state index is 12.7. The molecular formula is C21H22N2O2S2. The highest BCUT2D eigenvalue weighted by molar-refractivity contribution is 7.29. The summed E-state index contributed by atoms with van der Waals surface area (Å²) in [6, 6.07) is 9.37. The van der Waals surface area contributed by atoms with Crippen LogP contribution in [0.4, 0.5) is 5.13 Å². The fraction of sp³-hybridized carbons (Fsp3) is 0.381. The first kappa shape index (κ1) is 18.3. The Labute approximate surface area is 166 Å². The number of fused-ring (bicyclic) bond motifs is 1. The lowest BCUT2D eigenvalue weighted by molar-refractivity contribution is 0.0985. The molecule has 140 valence electrons. The molecule has 0 bridgehead atoms. The smallest absolute Gasteiger partial charge is 0.187 e. The van der Waals surface area contributed by atoms with E-state index in [-0.39, 0.29) is 11.6 Å². The van der Waals surface area contributed by atoms with E-state index in [9.17, 15) is 9.59 Å². The van der Waals surface area contributed by atoms with Crippen molar-refractivity contribution in [3.05, 3.63) is 46.3 Å². The SMILES string of the molecule is CCC(=O)c1ccc(CC(=O)c2cc3sc(N4CCCCC4)nc3s2)cc1. The molecule has 0 radical (unpaired) electrons. The van der Waals surface area contributed by atoms with Crippen LogP contribution in [0.3, 0.4) is 0 Å². The second kappa shape index (κ2) is 7.90. The van der Waals surface area contributed by atoms with Crippen molar-refractivity contribution in [2.75, 3.05) is 18.0 Å². The van der Waals surface area contributed by atoms with Gasteiger partial charge in [-0.1, -0.05) is 42.5 Å². The van der Waals surface area contributed by atoms with Crippen molar-refractivity contribution in [2.24, 2.45) is 0 Å². The average molecular weight is 399 g/mol.